The van der Waals surface area contributed by atoms with E-state index < -0.39 is 0 Å². The number of hydrogen-bond donors (Lipinski definition) is 0. The number of benzene rings is 9. The maximum atomic E-state index is 5.08. The van der Waals surface area contributed by atoms with Crippen LogP contribution in [0.3, 0.4) is 0 Å². The van der Waals surface area contributed by atoms with Gasteiger partial charge in [-0.25, -0.2) is 15.0 Å². The minimum absolute atomic E-state index is 0.585. The number of rotatable bonds is 5. The lowest BCUT2D eigenvalue weighted by atomic mass is 9.86. The molecular formula is C54H32N4. The quantitative estimate of drug-likeness (QED) is 0.165. The molecule has 4 heteroatoms. The SMILES string of the molecule is c1ccc(-c2nc(-c3cccnc3)nc(-c3ccccc3-c3cccc(-c4cc5ccc6cccc7c8cccc9ccc%10cccc(c(c4)c5c67)c%10c98)c3)n2)cc1. The van der Waals surface area contributed by atoms with Crippen molar-refractivity contribution >= 4 is 64.6 Å². The molecule has 0 spiro atoms. The smallest absolute Gasteiger partial charge is 0.165 e. The number of aromatic nitrogens is 4. The minimum atomic E-state index is 0.585. The molecule has 10 aromatic carbocycles. The Kier molecular flexibility index (Phi) is 7.20. The zero-order chi connectivity index (χ0) is 38.2. The predicted octanol–water partition coefficient (Wildman–Crippen LogP) is 14.0. The Morgan fingerprint density at radius 2 is 0.793 bits per heavy atom. The molecule has 0 aliphatic heterocycles. The molecule has 0 atom stereocenters. The molecule has 0 unspecified atom stereocenters. The molecule has 0 bridgehead atoms. The fourth-order valence-electron chi connectivity index (χ4n) is 9.08. The first-order valence-corrected chi connectivity index (χ1v) is 19.6. The summed E-state index contributed by atoms with van der Waals surface area (Å²) in [5.41, 5.74) is 7.14. The molecule has 2 aromatic heterocycles. The summed E-state index contributed by atoms with van der Waals surface area (Å²) < 4.78 is 0. The van der Waals surface area contributed by atoms with Crippen LogP contribution in [-0.4, -0.2) is 19.9 Å². The largest absolute Gasteiger partial charge is 0.264 e. The molecule has 268 valence electrons. The van der Waals surface area contributed by atoms with E-state index in [0.717, 1.165) is 33.4 Å². The van der Waals surface area contributed by atoms with E-state index in [1.807, 2.05) is 42.5 Å². The van der Waals surface area contributed by atoms with Crippen molar-refractivity contribution in [2.75, 3.05) is 0 Å². The van der Waals surface area contributed by atoms with Crippen LogP contribution in [0.15, 0.2) is 194 Å². The number of pyridine rings is 1. The van der Waals surface area contributed by atoms with Gasteiger partial charge in [0, 0.05) is 29.1 Å². The van der Waals surface area contributed by atoms with Gasteiger partial charge in [0.25, 0.3) is 0 Å². The first kappa shape index (κ1) is 32.4. The van der Waals surface area contributed by atoms with Crippen molar-refractivity contribution in [2.24, 2.45) is 0 Å². The van der Waals surface area contributed by atoms with Gasteiger partial charge in [-0.2, -0.15) is 0 Å². The summed E-state index contributed by atoms with van der Waals surface area (Å²) in [5, 5.41) is 15.3. The van der Waals surface area contributed by atoms with Crippen molar-refractivity contribution in [3.05, 3.63) is 194 Å². The lowest BCUT2D eigenvalue weighted by Crippen LogP contribution is -2.01. The van der Waals surface area contributed by atoms with E-state index in [2.05, 4.69) is 145 Å². The molecule has 0 aliphatic rings. The molecule has 0 saturated carbocycles. The lowest BCUT2D eigenvalue weighted by molar-refractivity contribution is 1.07. The van der Waals surface area contributed by atoms with Crippen LogP contribution in [0.1, 0.15) is 0 Å². The third-order valence-corrected chi connectivity index (χ3v) is 11.7. The van der Waals surface area contributed by atoms with Crippen molar-refractivity contribution in [1.82, 2.24) is 19.9 Å². The zero-order valence-electron chi connectivity index (χ0n) is 31.3. The first-order valence-electron chi connectivity index (χ1n) is 19.6. The van der Waals surface area contributed by atoms with Gasteiger partial charge >= 0.3 is 0 Å². The Balaban J connectivity index is 1.09. The lowest BCUT2D eigenvalue weighted by Gasteiger charge is -2.17. The summed E-state index contributed by atoms with van der Waals surface area (Å²) in [4.78, 5) is 19.4. The summed E-state index contributed by atoms with van der Waals surface area (Å²) >= 11 is 0. The Labute approximate surface area is 334 Å². The van der Waals surface area contributed by atoms with Gasteiger partial charge in [0.1, 0.15) is 0 Å². The van der Waals surface area contributed by atoms with Gasteiger partial charge < -0.3 is 0 Å². The first-order chi connectivity index (χ1) is 28.7. The molecule has 58 heavy (non-hydrogen) atoms. The highest BCUT2D eigenvalue weighted by molar-refractivity contribution is 6.37. The summed E-state index contributed by atoms with van der Waals surface area (Å²) in [6.45, 7) is 0. The van der Waals surface area contributed by atoms with Crippen LogP contribution in [-0.2, 0) is 0 Å². The number of fused-ring (bicyclic) bond motifs is 2. The van der Waals surface area contributed by atoms with Crippen LogP contribution < -0.4 is 0 Å². The monoisotopic (exact) mass is 736 g/mol. The summed E-state index contributed by atoms with van der Waals surface area (Å²) in [7, 11) is 0. The highest BCUT2D eigenvalue weighted by atomic mass is 15.0. The molecule has 2 heterocycles. The van der Waals surface area contributed by atoms with Crippen molar-refractivity contribution in [2.45, 2.75) is 0 Å². The minimum Gasteiger partial charge on any atom is -0.264 e. The standard InChI is InChI=1S/C54H32N4/c1-2-11-36(12-3-1)52-56-53(40-18-10-28-55-32-40)58-54(57-52)46-20-5-4-19-42(46)38-17-6-16-37(29-38)41-30-39-27-26-35-14-8-22-44-43-21-7-13-33-24-25-34-15-9-23-45(50(34)48(33)43)47(31-41)51(39)49(35)44/h1-32H. The zero-order valence-corrected chi connectivity index (χ0v) is 31.3. The molecule has 4 nitrogen and oxygen atoms in total. The van der Waals surface area contributed by atoms with Crippen molar-refractivity contribution in [3.8, 4) is 56.4 Å². The van der Waals surface area contributed by atoms with E-state index in [4.69, 9.17) is 15.0 Å². The van der Waals surface area contributed by atoms with Crippen LogP contribution in [0.4, 0.5) is 0 Å². The van der Waals surface area contributed by atoms with Crippen LogP contribution in [0.25, 0.3) is 121 Å². The van der Waals surface area contributed by atoms with E-state index in [0.29, 0.717) is 17.5 Å². The van der Waals surface area contributed by atoms with Crippen LogP contribution >= 0.6 is 0 Å². The summed E-state index contributed by atoms with van der Waals surface area (Å²) in [5.74, 6) is 1.82. The third kappa shape index (κ3) is 5.09. The van der Waals surface area contributed by atoms with Crippen molar-refractivity contribution < 1.29 is 0 Å². The molecule has 0 saturated heterocycles. The van der Waals surface area contributed by atoms with E-state index in [1.54, 1.807) is 12.4 Å². The molecule has 0 fully saturated rings. The molecule has 12 rings (SSSR count). The van der Waals surface area contributed by atoms with Gasteiger partial charge in [0.05, 0.1) is 0 Å². The third-order valence-electron chi connectivity index (χ3n) is 11.7. The Bertz CT molecular complexity index is 3500. The molecular weight excluding hydrogens is 705 g/mol. The van der Waals surface area contributed by atoms with Gasteiger partial charge in [0.2, 0.25) is 0 Å². The van der Waals surface area contributed by atoms with Gasteiger partial charge in [-0.3, -0.25) is 4.98 Å². The van der Waals surface area contributed by atoms with Gasteiger partial charge in [-0.15, -0.1) is 0 Å². The average molecular weight is 737 g/mol. The van der Waals surface area contributed by atoms with E-state index in [9.17, 15) is 0 Å². The fourth-order valence-corrected chi connectivity index (χ4v) is 9.08. The highest BCUT2D eigenvalue weighted by Crippen LogP contribution is 2.45. The second-order valence-corrected chi connectivity index (χ2v) is 15.0. The van der Waals surface area contributed by atoms with E-state index >= 15 is 0 Å². The second-order valence-electron chi connectivity index (χ2n) is 15.0. The fraction of sp³-hybridized carbons (Fsp3) is 0. The molecule has 0 amide bonds. The molecule has 12 aromatic rings. The molecule has 0 aliphatic carbocycles. The maximum absolute atomic E-state index is 5.08. The van der Waals surface area contributed by atoms with Crippen LogP contribution in [0.5, 0.6) is 0 Å². The van der Waals surface area contributed by atoms with Gasteiger partial charge in [0.15, 0.2) is 17.5 Å². The van der Waals surface area contributed by atoms with E-state index in [1.165, 1.54) is 70.2 Å². The average Bonchev–Trinajstić information content (AvgIpc) is 3.30. The topological polar surface area (TPSA) is 51.6 Å². The highest BCUT2D eigenvalue weighted by Gasteiger charge is 2.18. The number of hydrogen-bond acceptors (Lipinski definition) is 4. The predicted molar refractivity (Wildman–Crippen MR) is 241 cm³/mol. The van der Waals surface area contributed by atoms with Crippen molar-refractivity contribution in [3.63, 3.8) is 0 Å². The summed E-state index contributed by atoms with van der Waals surface area (Å²) in [6.07, 6.45) is 3.56. The van der Waals surface area contributed by atoms with Crippen LogP contribution in [0, 0.1) is 0 Å². The number of nitrogens with zero attached hydrogens (tertiary/aromatic N) is 4. The second kappa shape index (κ2) is 12.9. The van der Waals surface area contributed by atoms with E-state index in [-0.39, 0.29) is 0 Å². The van der Waals surface area contributed by atoms with Crippen LogP contribution in [0.2, 0.25) is 0 Å². The Morgan fingerprint density at radius 1 is 0.276 bits per heavy atom. The van der Waals surface area contributed by atoms with Gasteiger partial charge in [-0.1, -0.05) is 152 Å². The van der Waals surface area contributed by atoms with Crippen molar-refractivity contribution in [1.29, 1.82) is 0 Å². The maximum Gasteiger partial charge on any atom is 0.165 e. The summed E-state index contributed by atoms with van der Waals surface area (Å²) in [6, 6.07) is 65.4. The molecule has 0 radical (unpaired) electrons. The normalized spacial score (nSPS) is 11.8. The van der Waals surface area contributed by atoms with Gasteiger partial charge in [-0.05, 0) is 117 Å². The Hall–Kier alpha value is -7.82. The molecule has 0 N–H and O–H groups in total. The Morgan fingerprint density at radius 3 is 1.47 bits per heavy atom.